The lowest BCUT2D eigenvalue weighted by Crippen LogP contribution is -2.46. The second kappa shape index (κ2) is 8.01. The van der Waals surface area contributed by atoms with Gasteiger partial charge < -0.3 is 19.9 Å². The highest BCUT2D eigenvalue weighted by molar-refractivity contribution is 4.91. The molecule has 0 unspecified atom stereocenters. The highest BCUT2D eigenvalue weighted by Crippen LogP contribution is 2.28. The van der Waals surface area contributed by atoms with Crippen LogP contribution >= 0.6 is 0 Å². The maximum atomic E-state index is 9.38. The lowest BCUT2D eigenvalue weighted by Gasteiger charge is -2.28. The largest absolute Gasteiger partial charge is 0.394 e. The Hall–Kier alpha value is -0.160. The highest BCUT2D eigenvalue weighted by Gasteiger charge is 2.31. The van der Waals surface area contributed by atoms with Gasteiger partial charge in [-0.2, -0.15) is 0 Å². The quantitative estimate of drug-likeness (QED) is 0.580. The summed E-state index contributed by atoms with van der Waals surface area (Å²) in [7, 11) is 1.68. The van der Waals surface area contributed by atoms with Gasteiger partial charge in [-0.15, -0.1) is 0 Å². The van der Waals surface area contributed by atoms with E-state index in [0.717, 1.165) is 32.4 Å². The summed E-state index contributed by atoms with van der Waals surface area (Å²) in [6, 6.07) is 0. The van der Waals surface area contributed by atoms with Gasteiger partial charge in [-0.25, -0.2) is 0 Å². The van der Waals surface area contributed by atoms with E-state index in [0.29, 0.717) is 13.2 Å². The molecule has 4 heteroatoms. The summed E-state index contributed by atoms with van der Waals surface area (Å²) in [4.78, 5) is 0. The van der Waals surface area contributed by atoms with Crippen LogP contribution in [0.25, 0.3) is 0 Å². The molecule has 0 amide bonds. The molecular formula is C12H25NO3. The van der Waals surface area contributed by atoms with Crippen molar-refractivity contribution in [2.45, 2.75) is 37.6 Å². The Bertz CT molecular complexity index is 170. The van der Waals surface area contributed by atoms with Gasteiger partial charge in [-0.05, 0) is 25.8 Å². The average molecular weight is 231 g/mol. The van der Waals surface area contributed by atoms with Crippen molar-refractivity contribution in [1.29, 1.82) is 0 Å². The van der Waals surface area contributed by atoms with Gasteiger partial charge in [0.1, 0.15) is 0 Å². The molecule has 0 aliphatic heterocycles. The molecule has 0 atom stereocenters. The van der Waals surface area contributed by atoms with Gasteiger partial charge in [0, 0.05) is 19.3 Å². The summed E-state index contributed by atoms with van der Waals surface area (Å²) in [6.45, 7) is 3.28. The summed E-state index contributed by atoms with van der Waals surface area (Å²) in [5.41, 5.74) is 0.00648. The van der Waals surface area contributed by atoms with Crippen LogP contribution in [0.4, 0.5) is 0 Å². The van der Waals surface area contributed by atoms with E-state index in [-0.39, 0.29) is 12.1 Å². The van der Waals surface area contributed by atoms with Crippen LogP contribution in [0.1, 0.15) is 32.1 Å². The number of hydrogen-bond donors (Lipinski definition) is 2. The third kappa shape index (κ3) is 4.78. The first kappa shape index (κ1) is 13.9. The smallest absolute Gasteiger partial charge is 0.0700 e. The van der Waals surface area contributed by atoms with Crippen LogP contribution in [-0.4, -0.2) is 50.7 Å². The monoisotopic (exact) mass is 231 g/mol. The van der Waals surface area contributed by atoms with Crippen molar-refractivity contribution in [2.75, 3.05) is 40.1 Å². The van der Waals surface area contributed by atoms with Gasteiger partial charge in [-0.1, -0.05) is 12.8 Å². The van der Waals surface area contributed by atoms with Gasteiger partial charge in [0.2, 0.25) is 0 Å². The first-order chi connectivity index (χ1) is 7.83. The predicted molar refractivity (Wildman–Crippen MR) is 63.6 cm³/mol. The second-order valence-electron chi connectivity index (χ2n) is 4.53. The van der Waals surface area contributed by atoms with Gasteiger partial charge in [0.05, 0.1) is 19.8 Å². The number of ether oxygens (including phenoxy) is 2. The molecule has 0 bridgehead atoms. The summed E-state index contributed by atoms with van der Waals surface area (Å²) in [5, 5.41) is 12.9. The first-order valence-electron chi connectivity index (χ1n) is 6.25. The molecule has 0 spiro atoms. The van der Waals surface area contributed by atoms with Crippen molar-refractivity contribution in [3.63, 3.8) is 0 Å². The number of nitrogens with one attached hydrogen (secondary N) is 1. The lowest BCUT2D eigenvalue weighted by molar-refractivity contribution is 0.0676. The fraction of sp³-hybridized carbons (Fsp3) is 1.00. The SMILES string of the molecule is COCCOCCCNC1(CO)CCCC1. The van der Waals surface area contributed by atoms with Crippen LogP contribution in [-0.2, 0) is 9.47 Å². The molecule has 2 N–H and O–H groups in total. The maximum Gasteiger partial charge on any atom is 0.0700 e. The summed E-state index contributed by atoms with van der Waals surface area (Å²) in [5.74, 6) is 0. The Morgan fingerprint density at radius 3 is 2.56 bits per heavy atom. The third-order valence-electron chi connectivity index (χ3n) is 3.26. The molecule has 16 heavy (non-hydrogen) atoms. The normalized spacial score (nSPS) is 19.1. The molecule has 1 saturated carbocycles. The average Bonchev–Trinajstić information content (AvgIpc) is 2.77. The molecule has 4 nitrogen and oxygen atoms in total. The molecule has 1 aliphatic rings. The second-order valence-corrected chi connectivity index (χ2v) is 4.53. The Morgan fingerprint density at radius 2 is 1.94 bits per heavy atom. The topological polar surface area (TPSA) is 50.7 Å². The molecule has 0 radical (unpaired) electrons. The van der Waals surface area contributed by atoms with Gasteiger partial charge >= 0.3 is 0 Å². The molecule has 1 rings (SSSR count). The van der Waals surface area contributed by atoms with Gasteiger partial charge in [-0.3, -0.25) is 0 Å². The number of aliphatic hydroxyl groups is 1. The van der Waals surface area contributed by atoms with E-state index in [1.807, 2.05) is 0 Å². The van der Waals surface area contributed by atoms with Crippen LogP contribution in [0, 0.1) is 0 Å². The Labute approximate surface area is 98.3 Å². The number of aliphatic hydroxyl groups excluding tert-OH is 1. The van der Waals surface area contributed by atoms with E-state index in [9.17, 15) is 5.11 Å². The van der Waals surface area contributed by atoms with Crippen LogP contribution in [0.5, 0.6) is 0 Å². The zero-order chi connectivity index (χ0) is 11.7. The van der Waals surface area contributed by atoms with Crippen molar-refractivity contribution in [1.82, 2.24) is 5.32 Å². The Kier molecular flexibility index (Phi) is 6.96. The molecular weight excluding hydrogens is 206 g/mol. The minimum Gasteiger partial charge on any atom is -0.394 e. The molecule has 1 aliphatic carbocycles. The highest BCUT2D eigenvalue weighted by atomic mass is 16.5. The van der Waals surface area contributed by atoms with Crippen LogP contribution in [0.3, 0.4) is 0 Å². The van der Waals surface area contributed by atoms with Crippen LogP contribution in [0.2, 0.25) is 0 Å². The van der Waals surface area contributed by atoms with E-state index < -0.39 is 0 Å². The molecule has 1 fully saturated rings. The van der Waals surface area contributed by atoms with Crippen molar-refractivity contribution in [2.24, 2.45) is 0 Å². The maximum absolute atomic E-state index is 9.38. The zero-order valence-electron chi connectivity index (χ0n) is 10.3. The minimum absolute atomic E-state index is 0.00648. The fourth-order valence-corrected chi connectivity index (χ4v) is 2.21. The molecule has 0 heterocycles. The van der Waals surface area contributed by atoms with Crippen molar-refractivity contribution >= 4 is 0 Å². The predicted octanol–water partition coefficient (Wildman–Crippen LogP) is 0.934. The lowest BCUT2D eigenvalue weighted by atomic mass is 9.99. The van der Waals surface area contributed by atoms with Gasteiger partial charge in [0.25, 0.3) is 0 Å². The van der Waals surface area contributed by atoms with E-state index in [4.69, 9.17) is 9.47 Å². The van der Waals surface area contributed by atoms with E-state index in [1.165, 1.54) is 12.8 Å². The van der Waals surface area contributed by atoms with E-state index in [1.54, 1.807) is 7.11 Å². The van der Waals surface area contributed by atoms with Crippen molar-refractivity contribution in [3.05, 3.63) is 0 Å². The zero-order valence-corrected chi connectivity index (χ0v) is 10.3. The summed E-state index contributed by atoms with van der Waals surface area (Å²) in [6.07, 6.45) is 5.67. The number of hydrogen-bond acceptors (Lipinski definition) is 4. The third-order valence-corrected chi connectivity index (χ3v) is 3.26. The first-order valence-corrected chi connectivity index (χ1v) is 6.25. The summed E-state index contributed by atoms with van der Waals surface area (Å²) >= 11 is 0. The minimum atomic E-state index is 0.00648. The number of rotatable bonds is 9. The van der Waals surface area contributed by atoms with Crippen LogP contribution in [0.15, 0.2) is 0 Å². The van der Waals surface area contributed by atoms with E-state index >= 15 is 0 Å². The fourth-order valence-electron chi connectivity index (χ4n) is 2.21. The van der Waals surface area contributed by atoms with Crippen LogP contribution < -0.4 is 5.32 Å². The van der Waals surface area contributed by atoms with Gasteiger partial charge in [0.15, 0.2) is 0 Å². The standard InChI is InChI=1S/C12H25NO3/c1-15-9-10-16-8-4-7-13-12(11-14)5-2-3-6-12/h13-14H,2-11H2,1H3. The molecule has 96 valence electrons. The Balaban J connectivity index is 1.97. The molecule has 0 saturated heterocycles. The Morgan fingerprint density at radius 1 is 1.19 bits per heavy atom. The van der Waals surface area contributed by atoms with Crippen molar-refractivity contribution in [3.8, 4) is 0 Å². The number of methoxy groups -OCH3 is 1. The molecule has 0 aromatic carbocycles. The summed E-state index contributed by atoms with van der Waals surface area (Å²) < 4.78 is 10.3. The molecule has 0 aromatic rings. The molecule has 0 aromatic heterocycles. The van der Waals surface area contributed by atoms with Crippen molar-refractivity contribution < 1.29 is 14.6 Å². The van der Waals surface area contributed by atoms with E-state index in [2.05, 4.69) is 5.32 Å².